The van der Waals surface area contributed by atoms with Crippen molar-refractivity contribution < 1.29 is 43.6 Å². The van der Waals surface area contributed by atoms with E-state index in [2.05, 4.69) is 82.7 Å². The van der Waals surface area contributed by atoms with Gasteiger partial charge < -0.3 is 9.47 Å². The van der Waals surface area contributed by atoms with Crippen molar-refractivity contribution in [1.82, 2.24) is 0 Å². The number of hydrogen-bond donors (Lipinski definition) is 0. The van der Waals surface area contributed by atoms with Crippen LogP contribution in [0.4, 0.5) is 0 Å². The van der Waals surface area contributed by atoms with E-state index in [0.29, 0.717) is 0 Å². The average Bonchev–Trinajstić information content (AvgIpc) is 3.73. The Kier molecular flexibility index (Phi) is 19.7. The minimum atomic E-state index is -0.650. The fourth-order valence-corrected chi connectivity index (χ4v) is 6.61. The Hall–Kier alpha value is 0.609. The maximum Gasteiger partial charge on any atom is 2.00 e. The van der Waals surface area contributed by atoms with Crippen molar-refractivity contribution in [1.29, 1.82) is 0 Å². The minimum absolute atomic E-state index is 0. The maximum atomic E-state index is 5.62. The molecule has 20 radical (unpaired) electrons. The molecule has 1 aromatic rings. The summed E-state index contributed by atoms with van der Waals surface area (Å²) in [6.07, 6.45) is 33.3. The molecule has 1 aromatic carbocycles. The van der Waals surface area contributed by atoms with Gasteiger partial charge in [0.15, 0.2) is 0 Å². The van der Waals surface area contributed by atoms with Crippen LogP contribution in [0.1, 0.15) is 13.8 Å². The second-order valence-electron chi connectivity index (χ2n) is 8.08. The van der Waals surface area contributed by atoms with Crippen molar-refractivity contribution in [2.75, 3.05) is 14.2 Å². The molecular formula is C32H35Fe2O2P+4. The van der Waals surface area contributed by atoms with Gasteiger partial charge in [-0.05, 0) is 122 Å². The predicted octanol–water partition coefficient (Wildman–Crippen LogP) is 6.37. The summed E-state index contributed by atoms with van der Waals surface area (Å²) in [5, 5.41) is 1.35. The van der Waals surface area contributed by atoms with Gasteiger partial charge in [0.1, 0.15) is 0 Å². The number of hydrogen-bond acceptors (Lipinski definition) is 2. The Morgan fingerprint density at radius 1 is 0.514 bits per heavy atom. The molecule has 5 heteroatoms. The summed E-state index contributed by atoms with van der Waals surface area (Å²) in [6.45, 7) is 4.22. The Morgan fingerprint density at radius 3 is 1.19 bits per heavy atom. The first-order valence-electron chi connectivity index (χ1n) is 11.9. The van der Waals surface area contributed by atoms with Gasteiger partial charge in [-0.15, -0.1) is 0 Å². The molecule has 0 saturated heterocycles. The van der Waals surface area contributed by atoms with Crippen LogP contribution in [0.2, 0.25) is 0 Å². The third-order valence-electron chi connectivity index (χ3n) is 5.84. The normalized spacial score (nSPS) is 22.4. The van der Waals surface area contributed by atoms with E-state index in [0.717, 1.165) is 0 Å². The summed E-state index contributed by atoms with van der Waals surface area (Å²) in [5.74, 6) is 2.55. The molecule has 2 nitrogen and oxygen atoms in total. The Bertz CT molecular complexity index is 615. The van der Waals surface area contributed by atoms with Gasteiger partial charge in [0.05, 0.1) is 12.2 Å². The van der Waals surface area contributed by atoms with E-state index in [1.165, 1.54) is 28.5 Å². The largest absolute Gasteiger partial charge is 2.00 e. The van der Waals surface area contributed by atoms with E-state index in [-0.39, 0.29) is 46.3 Å². The first-order chi connectivity index (χ1) is 17.2. The minimum Gasteiger partial charge on any atom is -0.381 e. The molecule has 0 aliphatic heterocycles. The topological polar surface area (TPSA) is 18.5 Å². The van der Waals surface area contributed by atoms with Gasteiger partial charge in [-0.2, -0.15) is 0 Å². The van der Waals surface area contributed by atoms with Crippen molar-refractivity contribution in [3.05, 3.63) is 156 Å². The van der Waals surface area contributed by atoms with Crippen LogP contribution < -0.4 is 5.30 Å². The molecule has 4 aliphatic rings. The average molecular weight is 594 g/mol. The Morgan fingerprint density at radius 2 is 0.865 bits per heavy atom. The van der Waals surface area contributed by atoms with Gasteiger partial charge >= 0.3 is 34.1 Å². The monoisotopic (exact) mass is 594 g/mol. The predicted molar refractivity (Wildman–Crippen MR) is 148 cm³/mol. The van der Waals surface area contributed by atoms with Crippen LogP contribution in [0, 0.1) is 126 Å². The first-order valence-corrected chi connectivity index (χ1v) is 13.3. The second kappa shape index (κ2) is 20.5. The summed E-state index contributed by atoms with van der Waals surface area (Å²) in [6, 6.07) is 10.8. The number of methoxy groups -OCH3 is 2. The zero-order chi connectivity index (χ0) is 24.9. The zero-order valence-corrected chi connectivity index (χ0v) is 24.9. The van der Waals surface area contributed by atoms with Gasteiger partial charge in [-0.1, -0.05) is 38.3 Å². The van der Waals surface area contributed by atoms with Crippen molar-refractivity contribution in [2.45, 2.75) is 26.1 Å². The van der Waals surface area contributed by atoms with Gasteiger partial charge in [0.2, 0.25) is 0 Å². The quantitative estimate of drug-likeness (QED) is 0.270. The fourth-order valence-electron chi connectivity index (χ4n) is 3.82. The van der Waals surface area contributed by atoms with Gasteiger partial charge in [-0.25, -0.2) is 0 Å². The van der Waals surface area contributed by atoms with Crippen molar-refractivity contribution >= 4 is 13.2 Å². The van der Waals surface area contributed by atoms with Crippen molar-refractivity contribution in [3.63, 3.8) is 0 Å². The van der Waals surface area contributed by atoms with Crippen LogP contribution in [-0.2, 0) is 43.6 Å². The maximum absolute atomic E-state index is 5.62. The third-order valence-corrected chi connectivity index (χ3v) is 8.43. The molecule has 0 amide bonds. The van der Waals surface area contributed by atoms with Crippen LogP contribution in [0.5, 0.6) is 0 Å². The first kappa shape index (κ1) is 35.6. The molecular weight excluding hydrogens is 559 g/mol. The molecule has 0 aromatic heterocycles. The number of rotatable bonds is 7. The van der Waals surface area contributed by atoms with E-state index in [9.17, 15) is 0 Å². The summed E-state index contributed by atoms with van der Waals surface area (Å²) in [5.41, 5.74) is 2.73. The van der Waals surface area contributed by atoms with E-state index in [1.807, 2.05) is 64.2 Å². The van der Waals surface area contributed by atoms with Crippen LogP contribution in [0.25, 0.3) is 0 Å². The molecule has 4 saturated carbocycles. The van der Waals surface area contributed by atoms with Crippen LogP contribution in [-0.4, -0.2) is 26.4 Å². The SMILES string of the molecule is CO[C@@H](C)[C]1[CH][CH][CH][C]1P([C]1[CH][CH][CH][C]1[C@H](C)OC)c1ccccc1.[CH]1[CH][CH][CH][CH]1.[CH]1[CH][CH][CH][CH]1.[Fe+2].[Fe+2]. The van der Waals surface area contributed by atoms with Gasteiger partial charge in [0, 0.05) is 37.4 Å². The van der Waals surface area contributed by atoms with Crippen LogP contribution >= 0.6 is 7.92 Å². The number of benzene rings is 1. The standard InChI is InChI=1S/C22H25O2P.2C5H5.2Fe/c1-16(23-3)19-12-8-14-21(19)25(18-10-6-5-7-11-18)22-15-9-13-20(22)17(2)24-4;2*1-2-4-5-3-1;;/h5-17H,1-4H3;2*1-5H;;/q;;;2*+2/t16-,17-;;;;/m0..../s1. The smallest absolute Gasteiger partial charge is 0.381 e. The third kappa shape index (κ3) is 11.2. The van der Waals surface area contributed by atoms with Crippen molar-refractivity contribution in [2.24, 2.45) is 0 Å². The van der Waals surface area contributed by atoms with Crippen LogP contribution in [0.3, 0.4) is 0 Å². The molecule has 0 heterocycles. The molecule has 4 aliphatic carbocycles. The van der Waals surface area contributed by atoms with E-state index >= 15 is 0 Å². The molecule has 2 atom stereocenters. The number of ether oxygens (including phenoxy) is 2. The Balaban J connectivity index is 0.000000474. The molecule has 192 valence electrons. The van der Waals surface area contributed by atoms with Crippen LogP contribution in [0.15, 0.2) is 30.3 Å². The molecule has 37 heavy (non-hydrogen) atoms. The van der Waals surface area contributed by atoms with Gasteiger partial charge in [0.25, 0.3) is 0 Å². The Labute approximate surface area is 252 Å². The molecule has 0 spiro atoms. The molecule has 5 rings (SSSR count). The summed E-state index contributed by atoms with van der Waals surface area (Å²) < 4.78 is 11.2. The second-order valence-corrected chi connectivity index (χ2v) is 10.2. The zero-order valence-electron chi connectivity index (χ0n) is 21.7. The fraction of sp³-hybridized carbons (Fsp3) is 0.188. The molecule has 0 bridgehead atoms. The molecule has 0 unspecified atom stereocenters. The summed E-state index contributed by atoms with van der Waals surface area (Å²) >= 11 is 0. The van der Waals surface area contributed by atoms with Crippen molar-refractivity contribution in [3.8, 4) is 0 Å². The van der Waals surface area contributed by atoms with Gasteiger partial charge in [-0.3, -0.25) is 0 Å². The summed E-state index contributed by atoms with van der Waals surface area (Å²) in [4.78, 5) is 0. The van der Waals surface area contributed by atoms with E-state index in [4.69, 9.17) is 9.47 Å². The summed E-state index contributed by atoms with van der Waals surface area (Å²) in [7, 11) is 2.89. The molecule has 4 fully saturated rings. The molecule has 0 N–H and O–H groups in total. The van der Waals surface area contributed by atoms with E-state index < -0.39 is 7.92 Å². The van der Waals surface area contributed by atoms with E-state index in [1.54, 1.807) is 14.2 Å².